The van der Waals surface area contributed by atoms with Crippen LogP contribution < -0.4 is 16.0 Å². The first-order chi connectivity index (χ1) is 13.3. The molecule has 1 aromatic heterocycles. The molecule has 0 spiro atoms. The largest absolute Gasteiger partial charge is 0.465 e. The minimum atomic E-state index is -0.958. The number of halogens is 1. The summed E-state index contributed by atoms with van der Waals surface area (Å²) < 4.78 is 0. The predicted octanol–water partition coefficient (Wildman–Crippen LogP) is 3.56. The third-order valence-corrected chi connectivity index (χ3v) is 6.48. The van der Waals surface area contributed by atoms with Gasteiger partial charge in [0.15, 0.2) is 0 Å². The number of benzene rings is 1. The van der Waals surface area contributed by atoms with Gasteiger partial charge in [-0.2, -0.15) is 4.98 Å². The first kappa shape index (κ1) is 18.8. The summed E-state index contributed by atoms with van der Waals surface area (Å²) in [6.07, 6.45) is 2.43. The normalized spacial score (nSPS) is 26.3. The zero-order valence-corrected chi connectivity index (χ0v) is 16.7. The van der Waals surface area contributed by atoms with Crippen LogP contribution in [-0.4, -0.2) is 39.8 Å². The van der Waals surface area contributed by atoms with Crippen LogP contribution in [0.4, 0.5) is 16.6 Å². The van der Waals surface area contributed by atoms with Gasteiger partial charge in [-0.25, -0.2) is 9.78 Å². The fraction of sp³-hybridized carbons (Fsp3) is 0.450. The van der Waals surface area contributed by atoms with Crippen LogP contribution in [0.15, 0.2) is 24.4 Å². The van der Waals surface area contributed by atoms with Crippen molar-refractivity contribution in [1.29, 1.82) is 0 Å². The summed E-state index contributed by atoms with van der Waals surface area (Å²) in [6, 6.07) is 5.81. The highest BCUT2D eigenvalue weighted by Crippen LogP contribution is 2.44. The van der Waals surface area contributed by atoms with Gasteiger partial charge < -0.3 is 21.1 Å². The number of nitrogen functional groups attached to an aromatic ring is 1. The first-order valence-corrected chi connectivity index (χ1v) is 9.77. The summed E-state index contributed by atoms with van der Waals surface area (Å²) in [7, 11) is 0. The van der Waals surface area contributed by atoms with Gasteiger partial charge in [-0.1, -0.05) is 29.8 Å². The maximum absolute atomic E-state index is 11.0. The average molecular weight is 402 g/mol. The molecule has 148 valence electrons. The van der Waals surface area contributed by atoms with Gasteiger partial charge in [0.1, 0.15) is 5.82 Å². The molecule has 1 amide bonds. The van der Waals surface area contributed by atoms with Crippen molar-refractivity contribution in [2.24, 2.45) is 11.8 Å². The van der Waals surface area contributed by atoms with E-state index >= 15 is 0 Å². The molecule has 0 radical (unpaired) electrons. The number of nitrogens with zero attached hydrogens (tertiary/aromatic N) is 3. The smallest absolute Gasteiger partial charge is 0.405 e. The second-order valence-electron chi connectivity index (χ2n) is 8.23. The molecule has 3 atom stereocenters. The third-order valence-electron chi connectivity index (χ3n) is 5.98. The highest BCUT2D eigenvalue weighted by Gasteiger charge is 2.48. The highest BCUT2D eigenvalue weighted by atomic mass is 35.5. The molecule has 4 rings (SSSR count). The molecule has 8 heteroatoms. The van der Waals surface area contributed by atoms with Crippen molar-refractivity contribution in [2.75, 3.05) is 23.7 Å². The Hall–Kier alpha value is -2.54. The fourth-order valence-electron chi connectivity index (χ4n) is 4.77. The van der Waals surface area contributed by atoms with Gasteiger partial charge in [-0.05, 0) is 44.1 Å². The van der Waals surface area contributed by atoms with Gasteiger partial charge in [-0.15, -0.1) is 0 Å². The Kier molecular flexibility index (Phi) is 4.57. The fourth-order valence-corrected chi connectivity index (χ4v) is 4.99. The molecule has 2 aromatic rings. The number of amides is 1. The number of anilines is 2. The molecular weight excluding hydrogens is 378 g/mol. The Labute approximate surface area is 168 Å². The molecule has 7 nitrogen and oxygen atoms in total. The molecule has 1 saturated carbocycles. The molecule has 1 saturated heterocycles. The van der Waals surface area contributed by atoms with E-state index in [-0.39, 0.29) is 5.54 Å². The number of nitrogens with two attached hydrogens (primary N) is 1. The van der Waals surface area contributed by atoms with Crippen molar-refractivity contribution in [3.8, 4) is 11.1 Å². The van der Waals surface area contributed by atoms with Gasteiger partial charge in [0.05, 0.1) is 5.02 Å². The van der Waals surface area contributed by atoms with Crippen LogP contribution in [0.2, 0.25) is 5.02 Å². The molecule has 4 N–H and O–H groups in total. The monoisotopic (exact) mass is 401 g/mol. The number of hydrogen-bond donors (Lipinski definition) is 3. The second kappa shape index (κ2) is 6.81. The quantitative estimate of drug-likeness (QED) is 0.726. The lowest BCUT2D eigenvalue weighted by Gasteiger charge is -2.27. The van der Waals surface area contributed by atoms with Crippen LogP contribution in [0.5, 0.6) is 0 Å². The van der Waals surface area contributed by atoms with Crippen LogP contribution in [-0.2, 0) is 0 Å². The van der Waals surface area contributed by atoms with E-state index in [1.807, 2.05) is 32.0 Å². The molecule has 1 unspecified atom stereocenters. The SMILES string of the molecule is Cc1cccc(-c2cnc(N3C[C@@H]4CC(C)(NC(=O)O)C[C@@H]4C3)nc2N)c1Cl. The van der Waals surface area contributed by atoms with E-state index in [2.05, 4.69) is 20.2 Å². The standard InChI is InChI=1S/C20H24ClN5O2/c1-11-4-3-5-14(16(11)21)15-8-23-18(24-17(15)22)26-9-12-6-20(2,25-19(27)28)7-13(12)10-26/h3-5,8,12-13,25H,6-7,9-10H2,1-2H3,(H,27,28)(H2,22,23,24)/t12-,13+,20?. The lowest BCUT2D eigenvalue weighted by Crippen LogP contribution is -2.44. The van der Waals surface area contributed by atoms with E-state index in [0.29, 0.717) is 28.6 Å². The first-order valence-electron chi connectivity index (χ1n) is 9.40. The van der Waals surface area contributed by atoms with E-state index < -0.39 is 6.09 Å². The van der Waals surface area contributed by atoms with E-state index in [1.165, 1.54) is 0 Å². The number of carboxylic acid groups (broad SMARTS) is 1. The van der Waals surface area contributed by atoms with Crippen molar-refractivity contribution in [3.63, 3.8) is 0 Å². The van der Waals surface area contributed by atoms with Crippen LogP contribution in [0.25, 0.3) is 11.1 Å². The van der Waals surface area contributed by atoms with Crippen LogP contribution >= 0.6 is 11.6 Å². The van der Waals surface area contributed by atoms with Gasteiger partial charge in [0, 0.05) is 36.0 Å². The summed E-state index contributed by atoms with van der Waals surface area (Å²) >= 11 is 6.42. The molecular formula is C20H24ClN5O2. The number of aryl methyl sites for hydroxylation is 1. The predicted molar refractivity (Wildman–Crippen MR) is 110 cm³/mol. The van der Waals surface area contributed by atoms with Crippen LogP contribution in [0, 0.1) is 18.8 Å². The maximum atomic E-state index is 11.0. The zero-order chi connectivity index (χ0) is 20.1. The van der Waals surface area contributed by atoms with Gasteiger partial charge in [-0.3, -0.25) is 0 Å². The number of fused-ring (bicyclic) bond motifs is 1. The van der Waals surface area contributed by atoms with E-state index in [9.17, 15) is 4.79 Å². The number of hydrogen-bond acceptors (Lipinski definition) is 5. The third kappa shape index (κ3) is 3.35. The Balaban J connectivity index is 1.51. The Morgan fingerprint density at radius 3 is 2.61 bits per heavy atom. The summed E-state index contributed by atoms with van der Waals surface area (Å²) in [5.41, 5.74) is 8.44. The number of nitrogens with one attached hydrogen (secondary N) is 1. The molecule has 1 aliphatic carbocycles. The van der Waals surface area contributed by atoms with E-state index in [0.717, 1.165) is 42.6 Å². The molecule has 1 aromatic carbocycles. The Bertz CT molecular complexity index is 921. The lowest BCUT2D eigenvalue weighted by molar-refractivity contribution is 0.179. The van der Waals surface area contributed by atoms with Crippen molar-refractivity contribution < 1.29 is 9.90 Å². The summed E-state index contributed by atoms with van der Waals surface area (Å²) in [4.78, 5) is 22.3. The molecule has 28 heavy (non-hydrogen) atoms. The Morgan fingerprint density at radius 1 is 1.32 bits per heavy atom. The maximum Gasteiger partial charge on any atom is 0.405 e. The van der Waals surface area contributed by atoms with Crippen LogP contribution in [0.3, 0.4) is 0 Å². The Morgan fingerprint density at radius 2 is 2.00 bits per heavy atom. The van der Waals surface area contributed by atoms with Gasteiger partial charge in [0.2, 0.25) is 5.95 Å². The summed E-state index contributed by atoms with van der Waals surface area (Å²) in [6.45, 7) is 5.56. The number of carbonyl (C=O) groups is 1. The average Bonchev–Trinajstić information content (AvgIpc) is 3.11. The highest BCUT2D eigenvalue weighted by molar-refractivity contribution is 6.34. The minimum absolute atomic E-state index is 0.348. The summed E-state index contributed by atoms with van der Waals surface area (Å²) in [5, 5.41) is 12.4. The zero-order valence-electron chi connectivity index (χ0n) is 15.9. The van der Waals surface area contributed by atoms with E-state index in [1.54, 1.807) is 6.20 Å². The molecule has 1 aliphatic heterocycles. The van der Waals surface area contributed by atoms with Crippen molar-refractivity contribution in [3.05, 3.63) is 35.0 Å². The molecule has 2 aliphatic rings. The molecule has 2 fully saturated rings. The number of aromatic nitrogens is 2. The van der Waals surface area contributed by atoms with Crippen molar-refractivity contribution in [1.82, 2.24) is 15.3 Å². The summed E-state index contributed by atoms with van der Waals surface area (Å²) in [5.74, 6) is 1.87. The molecule has 0 bridgehead atoms. The topological polar surface area (TPSA) is 104 Å². The van der Waals surface area contributed by atoms with E-state index in [4.69, 9.17) is 22.4 Å². The second-order valence-corrected chi connectivity index (χ2v) is 8.61. The minimum Gasteiger partial charge on any atom is -0.465 e. The van der Waals surface area contributed by atoms with Crippen molar-refractivity contribution >= 4 is 29.5 Å². The van der Waals surface area contributed by atoms with Crippen LogP contribution in [0.1, 0.15) is 25.3 Å². The lowest BCUT2D eigenvalue weighted by atomic mass is 9.98. The van der Waals surface area contributed by atoms with Gasteiger partial charge >= 0.3 is 6.09 Å². The number of rotatable bonds is 3. The van der Waals surface area contributed by atoms with Crippen molar-refractivity contribution in [2.45, 2.75) is 32.2 Å². The van der Waals surface area contributed by atoms with Gasteiger partial charge in [0.25, 0.3) is 0 Å². The molecule has 2 heterocycles.